The Bertz CT molecular complexity index is 889. The largest absolute Gasteiger partial charge is 0.465 e. The van der Waals surface area contributed by atoms with Gasteiger partial charge in [-0.3, -0.25) is 4.79 Å². The van der Waals surface area contributed by atoms with Gasteiger partial charge in [-0.15, -0.1) is 0 Å². The molecule has 5 rings (SSSR count). The summed E-state index contributed by atoms with van der Waals surface area (Å²) < 4.78 is 5.91. The van der Waals surface area contributed by atoms with Crippen LogP contribution in [0.1, 0.15) is 95.5 Å². The molecule has 3 fully saturated rings. The maximum absolute atomic E-state index is 13.1. The number of aliphatic hydroxyl groups excluding tert-OH is 1. The number of esters is 1. The highest BCUT2D eigenvalue weighted by atomic mass is 16.5. The molecule has 3 saturated carbocycles. The molecule has 180 valence electrons. The van der Waals surface area contributed by atoms with Crippen LogP contribution < -0.4 is 0 Å². The zero-order chi connectivity index (χ0) is 22.7. The number of aromatic nitrogens is 1. The maximum Gasteiger partial charge on any atom is 0.309 e. The Morgan fingerprint density at radius 1 is 1.15 bits per heavy atom. The predicted molar refractivity (Wildman–Crippen MR) is 131 cm³/mol. The van der Waals surface area contributed by atoms with Crippen LogP contribution in [0.2, 0.25) is 0 Å². The van der Waals surface area contributed by atoms with Crippen LogP contribution in [0.25, 0.3) is 5.57 Å². The van der Waals surface area contributed by atoms with Crippen molar-refractivity contribution in [2.75, 3.05) is 13.2 Å². The van der Waals surface area contributed by atoms with Gasteiger partial charge in [-0.25, -0.2) is 4.99 Å². The fourth-order valence-electron chi connectivity index (χ4n) is 6.75. The molecule has 2 atom stereocenters. The third-order valence-electron chi connectivity index (χ3n) is 9.04. The lowest BCUT2D eigenvalue weighted by Gasteiger charge is -2.38. The third-order valence-corrected chi connectivity index (χ3v) is 9.04. The predicted octanol–water partition coefficient (Wildman–Crippen LogP) is 6.36. The normalized spacial score (nSPS) is 29.4. The van der Waals surface area contributed by atoms with Gasteiger partial charge >= 0.3 is 5.97 Å². The van der Waals surface area contributed by atoms with Gasteiger partial charge in [0.15, 0.2) is 0 Å². The van der Waals surface area contributed by atoms with Gasteiger partial charge in [0.2, 0.25) is 0 Å². The Labute approximate surface area is 198 Å². The topological polar surface area (TPSA) is 74.7 Å². The van der Waals surface area contributed by atoms with Crippen molar-refractivity contribution in [2.24, 2.45) is 27.7 Å². The van der Waals surface area contributed by atoms with E-state index in [0.717, 1.165) is 63.6 Å². The Kier molecular flexibility index (Phi) is 6.78. The number of aliphatic imine (C=N–C) groups is 1. The van der Waals surface area contributed by atoms with Gasteiger partial charge < -0.3 is 14.8 Å². The molecule has 0 radical (unpaired) electrons. The fraction of sp³-hybridized carbons (Fsp3) is 0.714. The second kappa shape index (κ2) is 9.77. The summed E-state index contributed by atoms with van der Waals surface area (Å²) in [7, 11) is 0. The van der Waals surface area contributed by atoms with E-state index in [1.54, 1.807) is 0 Å². The fourth-order valence-corrected chi connectivity index (χ4v) is 6.75. The number of hydrogen-bond donors (Lipinski definition) is 2. The number of allylic oxidation sites excluding steroid dienone is 2. The number of carbonyl (C=O) groups excluding carboxylic acids is 1. The van der Waals surface area contributed by atoms with Crippen molar-refractivity contribution in [1.29, 1.82) is 0 Å². The second-order valence-corrected chi connectivity index (χ2v) is 11.3. The minimum absolute atomic E-state index is 0.0156. The van der Waals surface area contributed by atoms with Crippen LogP contribution in [-0.4, -0.2) is 35.5 Å². The summed E-state index contributed by atoms with van der Waals surface area (Å²) in [5.41, 5.74) is 2.69. The average molecular weight is 453 g/mol. The Hall–Kier alpha value is -1.88. The Morgan fingerprint density at radius 2 is 2.00 bits per heavy atom. The molecule has 33 heavy (non-hydrogen) atoms. The average Bonchev–Trinajstić information content (AvgIpc) is 3.43. The molecule has 0 saturated heterocycles. The number of aromatic amines is 1. The summed E-state index contributed by atoms with van der Waals surface area (Å²) in [6, 6.07) is 2.16. The number of ether oxygens (including phenoxy) is 1. The molecular weight excluding hydrogens is 412 g/mol. The third kappa shape index (κ3) is 4.99. The zero-order valence-electron chi connectivity index (χ0n) is 20.0. The van der Waals surface area contributed by atoms with Crippen molar-refractivity contribution in [3.05, 3.63) is 23.9 Å². The van der Waals surface area contributed by atoms with Crippen molar-refractivity contribution < 1.29 is 14.6 Å². The van der Waals surface area contributed by atoms with E-state index < -0.39 is 0 Å². The van der Waals surface area contributed by atoms with Gasteiger partial charge in [-0.2, -0.15) is 0 Å². The van der Waals surface area contributed by atoms with Gasteiger partial charge in [-0.05, 0) is 93.6 Å². The summed E-state index contributed by atoms with van der Waals surface area (Å²) in [6.45, 7) is 0.552. The van der Waals surface area contributed by atoms with E-state index in [4.69, 9.17) is 4.74 Å². The molecule has 2 heterocycles. The summed E-state index contributed by atoms with van der Waals surface area (Å²) in [5.74, 6) is 1.77. The number of hydrogen-bond acceptors (Lipinski definition) is 4. The number of fused-ring (bicyclic) bond motifs is 1. The van der Waals surface area contributed by atoms with Crippen molar-refractivity contribution in [3.8, 4) is 0 Å². The van der Waals surface area contributed by atoms with Crippen LogP contribution in [0.3, 0.4) is 0 Å². The molecule has 0 bridgehead atoms. The van der Waals surface area contributed by atoms with Crippen LogP contribution >= 0.6 is 0 Å². The maximum atomic E-state index is 13.1. The summed E-state index contributed by atoms with van der Waals surface area (Å²) in [5, 5.41) is 9.96. The molecular formula is C28H40N2O3. The van der Waals surface area contributed by atoms with Gasteiger partial charge in [-0.1, -0.05) is 25.3 Å². The SMILES string of the molecule is O=C(OCC1(CO)CCCCC1)[C@@H]1CCC(CC/C2=C/CCC=Nc3[nH]ccc32)CC12CC2. The monoisotopic (exact) mass is 452 g/mol. The van der Waals surface area contributed by atoms with Crippen molar-refractivity contribution in [3.63, 3.8) is 0 Å². The van der Waals surface area contributed by atoms with E-state index in [9.17, 15) is 9.90 Å². The minimum atomic E-state index is -0.186. The molecule has 3 aliphatic carbocycles. The number of rotatable bonds is 7. The lowest BCUT2D eigenvalue weighted by molar-refractivity contribution is -0.159. The molecule has 1 spiro atoms. The van der Waals surface area contributed by atoms with Gasteiger partial charge in [0.1, 0.15) is 5.82 Å². The van der Waals surface area contributed by atoms with Crippen LogP contribution in [0.15, 0.2) is 23.3 Å². The highest BCUT2D eigenvalue weighted by Crippen LogP contribution is 2.62. The number of carbonyl (C=O) groups is 1. The second-order valence-electron chi connectivity index (χ2n) is 11.3. The molecule has 1 aromatic rings. The van der Waals surface area contributed by atoms with E-state index in [2.05, 4.69) is 22.1 Å². The van der Waals surface area contributed by atoms with Crippen LogP contribution in [-0.2, 0) is 9.53 Å². The first-order valence-electron chi connectivity index (χ1n) is 13.3. The van der Waals surface area contributed by atoms with Crippen LogP contribution in [0.5, 0.6) is 0 Å². The molecule has 1 aliphatic heterocycles. The number of aliphatic hydroxyl groups is 1. The van der Waals surface area contributed by atoms with Crippen LogP contribution in [0.4, 0.5) is 5.82 Å². The quantitative estimate of drug-likeness (QED) is 0.473. The van der Waals surface area contributed by atoms with E-state index >= 15 is 0 Å². The summed E-state index contributed by atoms with van der Waals surface area (Å²) in [4.78, 5) is 21.0. The van der Waals surface area contributed by atoms with Gasteiger partial charge in [0.25, 0.3) is 0 Å². The smallest absolute Gasteiger partial charge is 0.309 e. The highest BCUT2D eigenvalue weighted by molar-refractivity contribution is 5.77. The van der Waals surface area contributed by atoms with Crippen molar-refractivity contribution >= 4 is 23.6 Å². The van der Waals surface area contributed by atoms with Gasteiger partial charge in [0.05, 0.1) is 19.1 Å². The molecule has 0 amide bonds. The van der Waals surface area contributed by atoms with Crippen LogP contribution in [0, 0.1) is 22.7 Å². The zero-order valence-corrected chi connectivity index (χ0v) is 20.0. The lowest BCUT2D eigenvalue weighted by atomic mass is 9.70. The van der Waals surface area contributed by atoms with Crippen molar-refractivity contribution in [1.82, 2.24) is 4.98 Å². The molecule has 4 aliphatic rings. The number of H-pyrrole nitrogens is 1. The van der Waals surface area contributed by atoms with E-state index in [0.29, 0.717) is 12.5 Å². The van der Waals surface area contributed by atoms with E-state index in [1.807, 2.05) is 12.4 Å². The molecule has 5 nitrogen and oxygen atoms in total. The summed E-state index contributed by atoms with van der Waals surface area (Å²) in [6.07, 6.45) is 21.8. The first kappa shape index (κ1) is 22.9. The molecule has 5 heteroatoms. The lowest BCUT2D eigenvalue weighted by Crippen LogP contribution is -2.38. The standard InChI is InChI=1S/C28H40N2O3/c31-19-27(12-3-1-4-13-27)20-33-26(32)24-10-8-21(18-28(24)14-15-28)7-9-22-6-2-5-16-29-25-23(22)11-17-30-25/h6,11,16-17,21,24,30-31H,1-5,7-10,12-15,18-20H2/b22-6-,29-16?/t21?,24-/m0/s1. The number of nitrogens with one attached hydrogen (secondary N) is 1. The Balaban J connectivity index is 1.15. The highest BCUT2D eigenvalue weighted by Gasteiger charge is 2.55. The van der Waals surface area contributed by atoms with Crippen molar-refractivity contribution in [2.45, 2.75) is 89.9 Å². The molecule has 1 aromatic heterocycles. The van der Waals surface area contributed by atoms with E-state index in [1.165, 1.54) is 43.2 Å². The first-order chi connectivity index (χ1) is 16.1. The Morgan fingerprint density at radius 3 is 2.79 bits per heavy atom. The number of nitrogens with zero attached hydrogens (tertiary/aromatic N) is 1. The van der Waals surface area contributed by atoms with Gasteiger partial charge in [0, 0.05) is 23.4 Å². The van der Waals surface area contributed by atoms with E-state index in [-0.39, 0.29) is 29.3 Å². The molecule has 2 N–H and O–H groups in total. The minimum Gasteiger partial charge on any atom is -0.465 e. The molecule has 1 unspecified atom stereocenters. The molecule has 0 aromatic carbocycles. The summed E-state index contributed by atoms with van der Waals surface area (Å²) >= 11 is 0. The first-order valence-corrected chi connectivity index (χ1v) is 13.3.